The van der Waals surface area contributed by atoms with Crippen LogP contribution in [0.5, 0.6) is 5.75 Å². The second-order valence-corrected chi connectivity index (χ2v) is 7.20. The Kier molecular flexibility index (Phi) is 5.03. The smallest absolute Gasteiger partial charge is 0.257 e. The average molecular weight is 382 g/mol. The molecule has 1 atom stereocenters. The monoisotopic (exact) mass is 382 g/mol. The number of fused-ring (bicyclic) bond motifs is 1. The van der Waals surface area contributed by atoms with Crippen LogP contribution in [0.25, 0.3) is 0 Å². The number of benzene rings is 2. The fraction of sp³-hybridized carbons (Fsp3) is 0.364. The molecular formula is C22H23FN2O3. The Bertz CT molecular complexity index is 911. The van der Waals surface area contributed by atoms with E-state index in [1.54, 1.807) is 11.0 Å². The maximum absolute atomic E-state index is 14.7. The second-order valence-electron chi connectivity index (χ2n) is 7.20. The van der Waals surface area contributed by atoms with Crippen LogP contribution >= 0.6 is 0 Å². The molecule has 2 heterocycles. The lowest BCUT2D eigenvalue weighted by atomic mass is 9.98. The lowest BCUT2D eigenvalue weighted by Crippen LogP contribution is -2.31. The summed E-state index contributed by atoms with van der Waals surface area (Å²) >= 11 is 0. The van der Waals surface area contributed by atoms with Crippen molar-refractivity contribution in [3.63, 3.8) is 0 Å². The van der Waals surface area contributed by atoms with Gasteiger partial charge in [0.2, 0.25) is 5.91 Å². The molecule has 0 saturated carbocycles. The van der Waals surface area contributed by atoms with Gasteiger partial charge in [0.1, 0.15) is 11.6 Å². The maximum Gasteiger partial charge on any atom is 0.257 e. The highest BCUT2D eigenvalue weighted by atomic mass is 19.1. The summed E-state index contributed by atoms with van der Waals surface area (Å²) in [5.74, 6) is -0.220. The highest BCUT2D eigenvalue weighted by molar-refractivity contribution is 5.98. The molecular weight excluding hydrogens is 359 g/mol. The fourth-order valence-electron chi connectivity index (χ4n) is 4.03. The minimum atomic E-state index is -0.594. The van der Waals surface area contributed by atoms with Gasteiger partial charge in [-0.3, -0.25) is 9.59 Å². The number of nitrogens with zero attached hydrogens (tertiary/aromatic N) is 1. The summed E-state index contributed by atoms with van der Waals surface area (Å²) in [6.45, 7) is 3.14. The third kappa shape index (κ3) is 3.46. The number of rotatable bonds is 4. The summed E-state index contributed by atoms with van der Waals surface area (Å²) in [5, 5.41) is 2.67. The Morgan fingerprint density at radius 3 is 2.79 bits per heavy atom. The summed E-state index contributed by atoms with van der Waals surface area (Å²) in [5.41, 5.74) is 2.38. The van der Waals surface area contributed by atoms with Gasteiger partial charge in [-0.15, -0.1) is 0 Å². The Morgan fingerprint density at radius 2 is 2.04 bits per heavy atom. The summed E-state index contributed by atoms with van der Waals surface area (Å²) in [7, 11) is 0. The van der Waals surface area contributed by atoms with Crippen molar-refractivity contribution in [2.45, 2.75) is 38.6 Å². The van der Waals surface area contributed by atoms with E-state index in [9.17, 15) is 14.0 Å². The van der Waals surface area contributed by atoms with Crippen LogP contribution in [0.4, 0.5) is 10.1 Å². The van der Waals surface area contributed by atoms with Gasteiger partial charge in [0.25, 0.3) is 5.91 Å². The Labute approximate surface area is 163 Å². The van der Waals surface area contributed by atoms with E-state index >= 15 is 0 Å². The van der Waals surface area contributed by atoms with Crippen LogP contribution in [0.1, 0.15) is 53.7 Å². The van der Waals surface area contributed by atoms with Gasteiger partial charge in [0, 0.05) is 18.7 Å². The number of likely N-dealkylation sites (tertiary alicyclic amines) is 1. The van der Waals surface area contributed by atoms with Crippen molar-refractivity contribution in [3.8, 4) is 5.75 Å². The zero-order valence-electron chi connectivity index (χ0n) is 15.8. The van der Waals surface area contributed by atoms with Gasteiger partial charge in [-0.05, 0) is 61.6 Å². The van der Waals surface area contributed by atoms with Gasteiger partial charge < -0.3 is 15.0 Å². The molecule has 5 nitrogen and oxygen atoms in total. The van der Waals surface area contributed by atoms with Crippen molar-refractivity contribution >= 4 is 17.5 Å². The topological polar surface area (TPSA) is 58.6 Å². The Morgan fingerprint density at radius 1 is 1.25 bits per heavy atom. The van der Waals surface area contributed by atoms with E-state index in [0.717, 1.165) is 29.7 Å². The van der Waals surface area contributed by atoms with Crippen LogP contribution in [0, 0.1) is 5.82 Å². The average Bonchev–Trinajstić information content (AvgIpc) is 3.17. The standard InChI is InChI=1S/C22H23FN2O3/c1-2-28-16-8-5-14(6-9-16)20-4-3-11-25(20)22(27)17-12-15-7-10-21(26)24-19(15)13-18(17)23/h5-6,8-9,12-13,20H,2-4,7,10-11H2,1H3,(H,24,26). The first kappa shape index (κ1) is 18.5. The first-order valence-corrected chi connectivity index (χ1v) is 9.73. The van der Waals surface area contributed by atoms with E-state index in [4.69, 9.17) is 4.74 Å². The maximum atomic E-state index is 14.7. The van der Waals surface area contributed by atoms with Gasteiger partial charge >= 0.3 is 0 Å². The van der Waals surface area contributed by atoms with E-state index in [2.05, 4.69) is 5.32 Å². The molecule has 146 valence electrons. The molecule has 0 spiro atoms. The lowest BCUT2D eigenvalue weighted by Gasteiger charge is -2.26. The first-order valence-electron chi connectivity index (χ1n) is 9.73. The SMILES string of the molecule is CCOc1ccc(C2CCCN2C(=O)c2cc3c(cc2F)NC(=O)CC3)cc1. The third-order valence-electron chi connectivity index (χ3n) is 5.41. The molecule has 1 unspecified atom stereocenters. The molecule has 4 rings (SSSR count). The van der Waals surface area contributed by atoms with E-state index in [-0.39, 0.29) is 23.4 Å². The van der Waals surface area contributed by atoms with Crippen molar-refractivity contribution in [3.05, 3.63) is 58.9 Å². The van der Waals surface area contributed by atoms with Gasteiger partial charge in [-0.2, -0.15) is 0 Å². The zero-order chi connectivity index (χ0) is 19.7. The molecule has 2 aliphatic heterocycles. The molecule has 0 aliphatic carbocycles. The number of carbonyl (C=O) groups excluding carboxylic acids is 2. The Balaban J connectivity index is 1.59. The predicted octanol–water partition coefficient (Wildman–Crippen LogP) is 4.09. The van der Waals surface area contributed by atoms with Crippen molar-refractivity contribution in [2.24, 2.45) is 0 Å². The molecule has 0 bridgehead atoms. The van der Waals surface area contributed by atoms with E-state index in [1.807, 2.05) is 31.2 Å². The molecule has 2 aromatic rings. The lowest BCUT2D eigenvalue weighted by molar-refractivity contribution is -0.116. The molecule has 6 heteroatoms. The number of carbonyl (C=O) groups is 2. The van der Waals surface area contributed by atoms with Gasteiger partial charge in [-0.25, -0.2) is 4.39 Å². The van der Waals surface area contributed by atoms with Gasteiger partial charge in [0.15, 0.2) is 0 Å². The highest BCUT2D eigenvalue weighted by Gasteiger charge is 2.32. The largest absolute Gasteiger partial charge is 0.494 e. The van der Waals surface area contributed by atoms with Crippen LogP contribution in [0.2, 0.25) is 0 Å². The number of anilines is 1. The molecule has 0 aromatic heterocycles. The fourth-order valence-corrected chi connectivity index (χ4v) is 4.03. The number of aryl methyl sites for hydroxylation is 1. The summed E-state index contributed by atoms with van der Waals surface area (Å²) in [4.78, 5) is 26.4. The zero-order valence-corrected chi connectivity index (χ0v) is 15.8. The molecule has 2 aromatic carbocycles. The van der Waals surface area contributed by atoms with E-state index in [0.29, 0.717) is 31.7 Å². The summed E-state index contributed by atoms with van der Waals surface area (Å²) < 4.78 is 20.1. The quantitative estimate of drug-likeness (QED) is 0.867. The number of hydrogen-bond acceptors (Lipinski definition) is 3. The summed E-state index contributed by atoms with van der Waals surface area (Å²) in [6.07, 6.45) is 2.60. The van der Waals surface area contributed by atoms with Crippen LogP contribution in [0.3, 0.4) is 0 Å². The molecule has 2 aliphatic rings. The number of hydrogen-bond donors (Lipinski definition) is 1. The van der Waals surface area contributed by atoms with Gasteiger partial charge in [-0.1, -0.05) is 12.1 Å². The van der Waals surface area contributed by atoms with Gasteiger partial charge in [0.05, 0.1) is 18.2 Å². The molecule has 1 saturated heterocycles. The number of ether oxygens (including phenoxy) is 1. The normalized spacial score (nSPS) is 18.6. The van der Waals surface area contributed by atoms with Crippen LogP contribution in [-0.4, -0.2) is 29.9 Å². The Hall–Kier alpha value is -2.89. The molecule has 1 N–H and O–H groups in total. The number of nitrogens with one attached hydrogen (secondary N) is 1. The van der Waals surface area contributed by atoms with Crippen molar-refractivity contribution in [1.29, 1.82) is 0 Å². The van der Waals surface area contributed by atoms with Crippen LogP contribution < -0.4 is 10.1 Å². The van der Waals surface area contributed by atoms with Crippen molar-refractivity contribution in [1.82, 2.24) is 4.90 Å². The van der Waals surface area contributed by atoms with Crippen molar-refractivity contribution < 1.29 is 18.7 Å². The number of amides is 2. The molecule has 1 fully saturated rings. The van der Waals surface area contributed by atoms with E-state index < -0.39 is 5.82 Å². The van der Waals surface area contributed by atoms with Crippen LogP contribution in [-0.2, 0) is 11.2 Å². The molecule has 2 amide bonds. The highest BCUT2D eigenvalue weighted by Crippen LogP contribution is 2.35. The minimum absolute atomic E-state index is 0.0710. The predicted molar refractivity (Wildman–Crippen MR) is 104 cm³/mol. The van der Waals surface area contributed by atoms with Crippen molar-refractivity contribution in [2.75, 3.05) is 18.5 Å². The third-order valence-corrected chi connectivity index (χ3v) is 5.41. The molecule has 0 radical (unpaired) electrons. The first-order chi connectivity index (χ1) is 13.6. The van der Waals surface area contributed by atoms with E-state index in [1.165, 1.54) is 6.07 Å². The van der Waals surface area contributed by atoms with Crippen LogP contribution in [0.15, 0.2) is 36.4 Å². The molecule has 28 heavy (non-hydrogen) atoms. The summed E-state index contributed by atoms with van der Waals surface area (Å²) in [6, 6.07) is 10.5. The minimum Gasteiger partial charge on any atom is -0.494 e. The second kappa shape index (κ2) is 7.62. The number of halogens is 1.